The molecule has 1 aliphatic carbocycles. The van der Waals surface area contributed by atoms with Gasteiger partial charge in [0.25, 0.3) is 0 Å². The van der Waals surface area contributed by atoms with Gasteiger partial charge in [0.15, 0.2) is 0 Å². The first kappa shape index (κ1) is 16.0. The second-order valence-electron chi connectivity index (χ2n) is 7.18. The third-order valence-corrected chi connectivity index (χ3v) is 4.92. The molecule has 0 radical (unpaired) electrons. The summed E-state index contributed by atoms with van der Waals surface area (Å²) in [5, 5.41) is 3.86. The highest BCUT2D eigenvalue weighted by Crippen LogP contribution is 2.45. The Hall–Kier alpha value is -0.0400. The van der Waals surface area contributed by atoms with Crippen molar-refractivity contribution in [2.75, 3.05) is 6.54 Å². The number of hydrogen-bond acceptors (Lipinski definition) is 1. The Bertz CT molecular complexity index is 222. The van der Waals surface area contributed by atoms with E-state index in [2.05, 4.69) is 39.9 Å². The Morgan fingerprint density at radius 3 is 2.44 bits per heavy atom. The second-order valence-corrected chi connectivity index (χ2v) is 7.18. The largest absolute Gasteiger partial charge is 0.314 e. The van der Waals surface area contributed by atoms with Crippen LogP contribution in [0.1, 0.15) is 79.6 Å². The molecule has 18 heavy (non-hydrogen) atoms. The summed E-state index contributed by atoms with van der Waals surface area (Å²) >= 11 is 0. The minimum Gasteiger partial charge on any atom is -0.314 e. The number of hydrogen-bond donors (Lipinski definition) is 1. The zero-order chi connectivity index (χ0) is 13.6. The van der Waals surface area contributed by atoms with E-state index in [1.807, 2.05) is 0 Å². The molecule has 0 spiro atoms. The molecule has 0 saturated heterocycles. The summed E-state index contributed by atoms with van der Waals surface area (Å²) in [7, 11) is 0. The quantitative estimate of drug-likeness (QED) is 0.641. The first-order valence-electron chi connectivity index (χ1n) is 8.24. The lowest BCUT2D eigenvalue weighted by Crippen LogP contribution is -2.42. The zero-order valence-electron chi connectivity index (χ0n) is 13.4. The minimum absolute atomic E-state index is 0.553. The molecule has 0 bridgehead atoms. The molecule has 1 nitrogen and oxygen atoms in total. The molecule has 0 aliphatic heterocycles. The number of nitrogens with one attached hydrogen (secondary N) is 1. The van der Waals surface area contributed by atoms with Gasteiger partial charge in [-0.3, -0.25) is 0 Å². The fourth-order valence-electron chi connectivity index (χ4n) is 3.86. The van der Waals surface area contributed by atoms with Gasteiger partial charge in [-0.1, -0.05) is 53.9 Å². The van der Waals surface area contributed by atoms with Crippen molar-refractivity contribution in [3.05, 3.63) is 0 Å². The smallest absolute Gasteiger partial charge is 0.0103 e. The average Bonchev–Trinajstić information content (AvgIpc) is 2.64. The molecule has 0 aromatic carbocycles. The van der Waals surface area contributed by atoms with Crippen LogP contribution in [0.3, 0.4) is 0 Å². The molecular weight excluding hydrogens is 218 g/mol. The summed E-state index contributed by atoms with van der Waals surface area (Å²) in [6.07, 6.45) is 9.64. The van der Waals surface area contributed by atoms with E-state index in [-0.39, 0.29) is 0 Å². The van der Waals surface area contributed by atoms with Crippen molar-refractivity contribution >= 4 is 0 Å². The highest BCUT2D eigenvalue weighted by Gasteiger charge is 2.39. The lowest BCUT2D eigenvalue weighted by molar-refractivity contribution is 0.175. The van der Waals surface area contributed by atoms with Gasteiger partial charge in [0, 0.05) is 6.04 Å². The third-order valence-electron chi connectivity index (χ3n) is 4.92. The molecule has 0 aromatic heterocycles. The first-order chi connectivity index (χ1) is 8.51. The van der Waals surface area contributed by atoms with Crippen LogP contribution in [0.5, 0.6) is 0 Å². The van der Waals surface area contributed by atoms with Gasteiger partial charge in [-0.2, -0.15) is 0 Å². The summed E-state index contributed by atoms with van der Waals surface area (Å²) in [6, 6.07) is 0.754. The van der Waals surface area contributed by atoms with E-state index in [0.29, 0.717) is 5.41 Å². The summed E-state index contributed by atoms with van der Waals surface area (Å²) in [6.45, 7) is 13.2. The molecule has 0 amide bonds. The predicted molar refractivity (Wildman–Crippen MR) is 81.9 cm³/mol. The maximum Gasteiger partial charge on any atom is 0.0103 e. The van der Waals surface area contributed by atoms with E-state index in [4.69, 9.17) is 0 Å². The first-order valence-corrected chi connectivity index (χ1v) is 8.24. The van der Waals surface area contributed by atoms with Crippen LogP contribution in [0, 0.1) is 17.3 Å². The van der Waals surface area contributed by atoms with Crippen molar-refractivity contribution in [3.63, 3.8) is 0 Å². The van der Waals surface area contributed by atoms with E-state index in [1.165, 1.54) is 51.5 Å². The molecule has 0 aromatic rings. The molecule has 1 aliphatic rings. The monoisotopic (exact) mass is 253 g/mol. The van der Waals surface area contributed by atoms with Crippen LogP contribution >= 0.6 is 0 Å². The lowest BCUT2D eigenvalue weighted by Gasteiger charge is -2.36. The third kappa shape index (κ3) is 4.57. The molecule has 1 rings (SSSR count). The van der Waals surface area contributed by atoms with Crippen LogP contribution in [0.4, 0.5) is 0 Å². The van der Waals surface area contributed by atoms with Crippen LogP contribution in [0.25, 0.3) is 0 Å². The van der Waals surface area contributed by atoms with Gasteiger partial charge in [0.05, 0.1) is 0 Å². The molecule has 0 heterocycles. The van der Waals surface area contributed by atoms with E-state index in [0.717, 1.165) is 17.9 Å². The maximum absolute atomic E-state index is 3.86. The van der Waals surface area contributed by atoms with Gasteiger partial charge in [-0.15, -0.1) is 0 Å². The topological polar surface area (TPSA) is 12.0 Å². The molecule has 1 saturated carbocycles. The minimum atomic E-state index is 0.553. The highest BCUT2D eigenvalue weighted by atomic mass is 14.9. The predicted octanol–water partition coefficient (Wildman–Crippen LogP) is 5.01. The van der Waals surface area contributed by atoms with Gasteiger partial charge in [-0.05, 0) is 49.5 Å². The molecular formula is C17H35N. The maximum atomic E-state index is 3.86. The van der Waals surface area contributed by atoms with E-state index in [1.54, 1.807) is 0 Å². The standard InChI is InChI=1S/C17H35N/c1-6-9-14(3)13-16(18-12-7-2)15-10-8-11-17(15,4)5/h14-16,18H,6-13H2,1-5H3. The van der Waals surface area contributed by atoms with Gasteiger partial charge in [0.1, 0.15) is 0 Å². The van der Waals surface area contributed by atoms with Crippen LogP contribution in [-0.4, -0.2) is 12.6 Å². The van der Waals surface area contributed by atoms with Crippen molar-refractivity contribution in [2.24, 2.45) is 17.3 Å². The fourth-order valence-corrected chi connectivity index (χ4v) is 3.86. The Balaban J connectivity index is 2.59. The molecule has 1 heteroatoms. The van der Waals surface area contributed by atoms with E-state index < -0.39 is 0 Å². The van der Waals surface area contributed by atoms with Crippen molar-refractivity contribution in [1.82, 2.24) is 5.32 Å². The second kappa shape index (κ2) is 7.53. The zero-order valence-corrected chi connectivity index (χ0v) is 13.4. The van der Waals surface area contributed by atoms with Gasteiger partial charge in [0.2, 0.25) is 0 Å². The Kier molecular flexibility index (Phi) is 6.70. The normalized spacial score (nSPS) is 26.2. The molecule has 1 N–H and O–H groups in total. The van der Waals surface area contributed by atoms with Crippen LogP contribution in [0.2, 0.25) is 0 Å². The SMILES string of the molecule is CCCNC(CC(C)CCC)C1CCCC1(C)C. The van der Waals surface area contributed by atoms with Gasteiger partial charge >= 0.3 is 0 Å². The van der Waals surface area contributed by atoms with Crippen molar-refractivity contribution in [1.29, 1.82) is 0 Å². The Morgan fingerprint density at radius 1 is 1.22 bits per heavy atom. The van der Waals surface area contributed by atoms with E-state index in [9.17, 15) is 0 Å². The van der Waals surface area contributed by atoms with Crippen LogP contribution in [-0.2, 0) is 0 Å². The Labute approximate surface area is 115 Å². The average molecular weight is 253 g/mol. The van der Waals surface area contributed by atoms with E-state index >= 15 is 0 Å². The molecule has 108 valence electrons. The summed E-state index contributed by atoms with van der Waals surface area (Å²) in [5.41, 5.74) is 0.553. The fraction of sp³-hybridized carbons (Fsp3) is 1.00. The van der Waals surface area contributed by atoms with Crippen LogP contribution in [0.15, 0.2) is 0 Å². The highest BCUT2D eigenvalue weighted by molar-refractivity contribution is 4.92. The summed E-state index contributed by atoms with van der Waals surface area (Å²) in [5.74, 6) is 1.77. The van der Waals surface area contributed by atoms with Crippen molar-refractivity contribution in [2.45, 2.75) is 85.6 Å². The lowest BCUT2D eigenvalue weighted by atomic mass is 9.75. The van der Waals surface area contributed by atoms with Gasteiger partial charge in [-0.25, -0.2) is 0 Å². The summed E-state index contributed by atoms with van der Waals surface area (Å²) < 4.78 is 0. The summed E-state index contributed by atoms with van der Waals surface area (Å²) in [4.78, 5) is 0. The van der Waals surface area contributed by atoms with Crippen molar-refractivity contribution in [3.8, 4) is 0 Å². The Morgan fingerprint density at radius 2 is 1.94 bits per heavy atom. The number of rotatable bonds is 8. The van der Waals surface area contributed by atoms with Crippen LogP contribution < -0.4 is 5.32 Å². The molecule has 1 fully saturated rings. The van der Waals surface area contributed by atoms with Gasteiger partial charge < -0.3 is 5.32 Å². The molecule has 3 atom stereocenters. The van der Waals surface area contributed by atoms with Crippen molar-refractivity contribution < 1.29 is 0 Å². The molecule has 3 unspecified atom stereocenters.